The molecule has 0 radical (unpaired) electrons. The third kappa shape index (κ3) is 8.74. The molecule has 16 heteroatoms. The van der Waals surface area contributed by atoms with Crippen molar-refractivity contribution < 1.29 is 14.3 Å². The van der Waals surface area contributed by atoms with E-state index in [9.17, 15) is 9.59 Å². The van der Waals surface area contributed by atoms with E-state index in [1.54, 1.807) is 26.5 Å². The van der Waals surface area contributed by atoms with Gasteiger partial charge in [0.05, 0.1) is 46.4 Å². The van der Waals surface area contributed by atoms with Crippen LogP contribution >= 0.6 is 0 Å². The van der Waals surface area contributed by atoms with E-state index in [0.717, 1.165) is 121 Å². The van der Waals surface area contributed by atoms with Crippen molar-refractivity contribution in [1.82, 2.24) is 49.2 Å². The Hall–Kier alpha value is -6.46. The molecule has 6 aromatic heterocycles. The monoisotopic (exact) mass is 825 g/mol. The standard InChI is InChI=1S/C22H24N6O2.C22H26N6O.CH5N/c1-23-22(29)16-14-15-17(24-8-9-27-10-12-30-13-11-27)6-7-25-20(15)28-19-5-3-2-4-18(19)26-21(16)28;1-4-27(5-2)13-12-24-17-10-11-25-20-15(17)14-16(22(29)23-3)21-26-18-8-6-7-9-19(18)28(20)21;1-2/h2-7,14H,8-13H2,1H3,(H,23,29)(H,24,25);6-11,14H,4-5,12-13H2,1-3H3,(H,23,29)(H,24,25);2H2,1H3. The zero-order valence-corrected chi connectivity index (χ0v) is 35.5. The van der Waals surface area contributed by atoms with Crippen LogP contribution in [0.25, 0.3) is 55.4 Å². The molecule has 16 nitrogen and oxygen atoms in total. The number of carbonyl (C=O) groups excluding carboxylic acids is 2. The number of nitrogens with two attached hydrogens (primary N) is 1. The van der Waals surface area contributed by atoms with Gasteiger partial charge in [0.2, 0.25) is 0 Å². The van der Waals surface area contributed by atoms with Crippen LogP contribution in [0.4, 0.5) is 11.4 Å². The molecule has 318 valence electrons. The maximum absolute atomic E-state index is 12.7. The first-order valence-electron chi connectivity index (χ1n) is 20.8. The van der Waals surface area contributed by atoms with Crippen molar-refractivity contribution in [2.45, 2.75) is 13.8 Å². The lowest BCUT2D eigenvalue weighted by atomic mass is 10.1. The fourth-order valence-electron chi connectivity index (χ4n) is 7.80. The number of benzene rings is 2. The van der Waals surface area contributed by atoms with Gasteiger partial charge < -0.3 is 36.6 Å². The molecule has 0 spiro atoms. The van der Waals surface area contributed by atoms with Gasteiger partial charge >= 0.3 is 0 Å². The molecule has 0 atom stereocenters. The van der Waals surface area contributed by atoms with Gasteiger partial charge in [0.15, 0.2) is 11.3 Å². The number of pyridine rings is 4. The minimum atomic E-state index is -0.166. The van der Waals surface area contributed by atoms with Crippen molar-refractivity contribution in [3.05, 3.63) is 96.3 Å². The predicted molar refractivity (Wildman–Crippen MR) is 245 cm³/mol. The molecule has 7 heterocycles. The topological polar surface area (TPSA) is 184 Å². The molecule has 2 aromatic carbocycles. The maximum Gasteiger partial charge on any atom is 0.254 e. The zero-order valence-electron chi connectivity index (χ0n) is 35.5. The van der Waals surface area contributed by atoms with Gasteiger partial charge in [-0.25, -0.2) is 19.9 Å². The molecule has 1 aliphatic heterocycles. The summed E-state index contributed by atoms with van der Waals surface area (Å²) in [6.45, 7) is 13.4. The highest BCUT2D eigenvalue weighted by molar-refractivity contribution is 6.08. The van der Waals surface area contributed by atoms with Gasteiger partial charge in [0, 0.05) is 87.9 Å². The first-order chi connectivity index (χ1) is 29.9. The molecule has 0 aliphatic carbocycles. The lowest BCUT2D eigenvalue weighted by Crippen LogP contribution is -2.39. The van der Waals surface area contributed by atoms with E-state index < -0.39 is 0 Å². The second kappa shape index (κ2) is 19.7. The van der Waals surface area contributed by atoms with Crippen LogP contribution in [-0.2, 0) is 4.74 Å². The van der Waals surface area contributed by atoms with Crippen LogP contribution in [0.1, 0.15) is 34.6 Å². The highest BCUT2D eigenvalue weighted by atomic mass is 16.5. The van der Waals surface area contributed by atoms with Crippen molar-refractivity contribution in [3.8, 4) is 0 Å². The van der Waals surface area contributed by atoms with Gasteiger partial charge in [0.25, 0.3) is 11.8 Å². The molecule has 0 bridgehead atoms. The largest absolute Gasteiger partial charge is 0.383 e. The summed E-state index contributed by atoms with van der Waals surface area (Å²) in [5.74, 6) is -0.328. The lowest BCUT2D eigenvalue weighted by molar-refractivity contribution is 0.0398. The smallest absolute Gasteiger partial charge is 0.254 e. The number of hydrogen-bond donors (Lipinski definition) is 5. The van der Waals surface area contributed by atoms with E-state index in [-0.39, 0.29) is 11.8 Å². The number of imidazole rings is 2. The first kappa shape index (κ1) is 42.7. The van der Waals surface area contributed by atoms with Crippen LogP contribution in [0, 0.1) is 0 Å². The Bertz CT molecular complexity index is 2790. The summed E-state index contributed by atoms with van der Waals surface area (Å²) >= 11 is 0. The summed E-state index contributed by atoms with van der Waals surface area (Å²) in [7, 11) is 4.77. The average molecular weight is 826 g/mol. The molecule has 0 unspecified atom stereocenters. The van der Waals surface area contributed by atoms with Crippen LogP contribution in [0.2, 0.25) is 0 Å². The Balaban J connectivity index is 0.000000177. The first-order valence-corrected chi connectivity index (χ1v) is 20.8. The van der Waals surface area contributed by atoms with E-state index in [0.29, 0.717) is 22.4 Å². The Labute approximate surface area is 354 Å². The Kier molecular flexibility index (Phi) is 13.8. The van der Waals surface area contributed by atoms with Crippen LogP contribution < -0.4 is 27.0 Å². The van der Waals surface area contributed by atoms with Gasteiger partial charge in [0.1, 0.15) is 11.3 Å². The highest BCUT2D eigenvalue weighted by Gasteiger charge is 2.21. The molecular weight excluding hydrogens is 771 g/mol. The number of fused-ring (bicyclic) bond motifs is 10. The number of rotatable bonds is 12. The molecule has 6 N–H and O–H groups in total. The number of likely N-dealkylation sites (N-methyl/N-ethyl adjacent to an activating group) is 1. The van der Waals surface area contributed by atoms with Crippen molar-refractivity contribution in [2.75, 3.05) is 97.3 Å². The minimum absolute atomic E-state index is 0.162. The van der Waals surface area contributed by atoms with Gasteiger partial charge in [-0.2, -0.15) is 0 Å². The van der Waals surface area contributed by atoms with Gasteiger partial charge in [-0.05, 0) is 68.7 Å². The number of carbonyl (C=O) groups is 2. The Morgan fingerprint density at radius 1 is 0.689 bits per heavy atom. The van der Waals surface area contributed by atoms with E-state index in [1.165, 1.54) is 7.05 Å². The quantitative estimate of drug-likeness (QED) is 0.113. The SMILES string of the molecule is CCN(CC)CCNc1ccnc2c1cc(C(=O)NC)c1nc3ccccc3n12.CN.CNC(=O)c1cc2c(NCCN3CCOCC3)ccnc2n2c1nc1ccccc12. The number of morpholine rings is 1. The van der Waals surface area contributed by atoms with Crippen LogP contribution in [0.5, 0.6) is 0 Å². The fraction of sp³-hybridized carbons (Fsp3) is 0.333. The van der Waals surface area contributed by atoms with Crippen molar-refractivity contribution >= 4 is 78.6 Å². The second-order valence-electron chi connectivity index (χ2n) is 14.3. The summed E-state index contributed by atoms with van der Waals surface area (Å²) in [6.07, 6.45) is 3.60. The number of nitrogens with one attached hydrogen (secondary N) is 4. The second-order valence-corrected chi connectivity index (χ2v) is 14.3. The van der Waals surface area contributed by atoms with Crippen LogP contribution in [0.3, 0.4) is 0 Å². The molecule has 9 rings (SSSR count). The molecule has 8 aromatic rings. The van der Waals surface area contributed by atoms with Gasteiger partial charge in [-0.1, -0.05) is 38.1 Å². The van der Waals surface area contributed by atoms with Gasteiger partial charge in [-0.3, -0.25) is 23.3 Å². The van der Waals surface area contributed by atoms with E-state index in [1.807, 2.05) is 81.6 Å². The molecule has 2 amide bonds. The normalized spacial score (nSPS) is 13.0. The van der Waals surface area contributed by atoms with Crippen molar-refractivity contribution in [3.63, 3.8) is 0 Å². The number of amides is 2. The summed E-state index contributed by atoms with van der Waals surface area (Å²) in [6, 6.07) is 23.4. The van der Waals surface area contributed by atoms with Crippen LogP contribution in [0.15, 0.2) is 85.2 Å². The summed E-state index contributed by atoms with van der Waals surface area (Å²) in [4.78, 5) is 48.7. The molecular formula is C45H55N13O3. The third-order valence-corrected chi connectivity index (χ3v) is 11.0. The average Bonchev–Trinajstić information content (AvgIpc) is 3.91. The number of nitrogens with zero attached hydrogens (tertiary/aromatic N) is 8. The maximum atomic E-state index is 12.7. The van der Waals surface area contributed by atoms with E-state index >= 15 is 0 Å². The molecule has 0 saturated carbocycles. The minimum Gasteiger partial charge on any atom is -0.383 e. The number of aromatic nitrogens is 6. The molecule has 1 saturated heterocycles. The summed E-state index contributed by atoms with van der Waals surface area (Å²) in [5, 5.41) is 14.3. The summed E-state index contributed by atoms with van der Waals surface area (Å²) in [5.41, 5.74) is 13.8. The lowest BCUT2D eigenvalue weighted by Gasteiger charge is -2.26. The van der Waals surface area contributed by atoms with Gasteiger partial charge in [-0.15, -0.1) is 0 Å². The third-order valence-electron chi connectivity index (χ3n) is 11.0. The molecule has 61 heavy (non-hydrogen) atoms. The van der Waals surface area contributed by atoms with E-state index in [2.05, 4.69) is 60.6 Å². The molecule has 1 aliphatic rings. The highest BCUT2D eigenvalue weighted by Crippen LogP contribution is 2.31. The van der Waals surface area contributed by atoms with Crippen LogP contribution in [-0.4, -0.2) is 137 Å². The Morgan fingerprint density at radius 2 is 1.16 bits per heavy atom. The number of para-hydroxylation sites is 4. The number of anilines is 2. The molecule has 1 fully saturated rings. The fourth-order valence-corrected chi connectivity index (χ4v) is 7.80. The summed E-state index contributed by atoms with van der Waals surface area (Å²) < 4.78 is 9.37. The van der Waals surface area contributed by atoms with Crippen molar-refractivity contribution in [2.24, 2.45) is 5.73 Å². The Morgan fingerprint density at radius 3 is 1.64 bits per heavy atom. The number of ether oxygens (including phenoxy) is 1. The zero-order chi connectivity index (χ0) is 42.9. The van der Waals surface area contributed by atoms with E-state index in [4.69, 9.17) is 14.7 Å². The van der Waals surface area contributed by atoms with Crippen molar-refractivity contribution in [1.29, 1.82) is 0 Å². The number of hydrogen-bond acceptors (Lipinski definition) is 12. The predicted octanol–water partition coefficient (Wildman–Crippen LogP) is 4.86.